The van der Waals surface area contributed by atoms with Crippen LogP contribution in [0.5, 0.6) is 0 Å². The van der Waals surface area contributed by atoms with Gasteiger partial charge in [0.2, 0.25) is 5.91 Å². The fraction of sp³-hybridized carbons (Fsp3) is 0.538. The highest BCUT2D eigenvalue weighted by Crippen LogP contribution is 1.99. The van der Waals surface area contributed by atoms with Crippen LogP contribution in [-0.2, 0) is 11.3 Å². The molecule has 4 nitrogen and oxygen atoms in total. The average Bonchev–Trinajstić information content (AvgIpc) is 2.36. The van der Waals surface area contributed by atoms with Crippen LogP contribution < -0.4 is 4.57 Å². The average molecular weight is 237 g/mol. The molecule has 1 heterocycles. The van der Waals surface area contributed by atoms with Crippen LogP contribution in [0.4, 0.5) is 0 Å². The second-order valence-corrected chi connectivity index (χ2v) is 4.11. The van der Waals surface area contributed by atoms with Gasteiger partial charge < -0.3 is 10.0 Å². The Morgan fingerprint density at radius 2 is 1.94 bits per heavy atom. The van der Waals surface area contributed by atoms with E-state index in [1.54, 1.807) is 11.9 Å². The van der Waals surface area contributed by atoms with Crippen molar-refractivity contribution in [3.63, 3.8) is 0 Å². The maximum Gasteiger partial charge on any atom is 0.222 e. The van der Waals surface area contributed by atoms with Crippen LogP contribution >= 0.6 is 0 Å². The third-order valence-corrected chi connectivity index (χ3v) is 2.70. The number of aliphatic hydroxyl groups is 1. The predicted octanol–water partition coefficient (Wildman–Crippen LogP) is 0.595. The maximum absolute atomic E-state index is 11.6. The maximum atomic E-state index is 11.6. The van der Waals surface area contributed by atoms with Crippen LogP contribution in [-0.4, -0.2) is 36.1 Å². The third kappa shape index (κ3) is 5.45. The zero-order chi connectivity index (χ0) is 12.5. The van der Waals surface area contributed by atoms with Crippen LogP contribution in [0.1, 0.15) is 19.3 Å². The summed E-state index contributed by atoms with van der Waals surface area (Å²) in [5, 5.41) is 8.71. The van der Waals surface area contributed by atoms with Gasteiger partial charge in [0.15, 0.2) is 12.4 Å². The summed E-state index contributed by atoms with van der Waals surface area (Å²) in [6.45, 7) is 1.40. The number of hydrogen-bond donors (Lipinski definition) is 1. The first-order valence-electron chi connectivity index (χ1n) is 6.03. The molecule has 94 valence electrons. The molecule has 1 aromatic heterocycles. The van der Waals surface area contributed by atoms with Gasteiger partial charge in [0, 0.05) is 38.6 Å². The van der Waals surface area contributed by atoms with E-state index in [-0.39, 0.29) is 12.5 Å². The number of aliphatic hydroxyl groups excluding tert-OH is 1. The van der Waals surface area contributed by atoms with E-state index in [1.165, 1.54) is 0 Å². The molecule has 0 saturated heterocycles. The van der Waals surface area contributed by atoms with Gasteiger partial charge in [-0.05, 0) is 6.42 Å². The summed E-state index contributed by atoms with van der Waals surface area (Å²) in [5.74, 6) is 0.108. The minimum absolute atomic E-state index is 0.0299. The Morgan fingerprint density at radius 1 is 1.24 bits per heavy atom. The van der Waals surface area contributed by atoms with Gasteiger partial charge in [-0.25, -0.2) is 4.57 Å². The largest absolute Gasteiger partial charge is 0.395 e. The Morgan fingerprint density at radius 3 is 2.59 bits per heavy atom. The van der Waals surface area contributed by atoms with Gasteiger partial charge in [-0.15, -0.1) is 0 Å². The molecule has 0 bridgehead atoms. The Bertz CT molecular complexity index is 327. The van der Waals surface area contributed by atoms with Crippen molar-refractivity contribution in [2.24, 2.45) is 0 Å². The van der Waals surface area contributed by atoms with Crippen molar-refractivity contribution in [1.82, 2.24) is 4.90 Å². The fourth-order valence-electron chi connectivity index (χ4n) is 1.62. The molecule has 0 atom stereocenters. The lowest BCUT2D eigenvalue weighted by molar-refractivity contribution is -0.697. The number of likely N-dealkylation sites (N-methyl/N-ethyl adjacent to an activating group) is 1. The Hall–Kier alpha value is -1.42. The van der Waals surface area contributed by atoms with Crippen molar-refractivity contribution in [3.8, 4) is 0 Å². The number of hydrogen-bond acceptors (Lipinski definition) is 2. The van der Waals surface area contributed by atoms with Gasteiger partial charge in [-0.3, -0.25) is 4.79 Å². The molecular weight excluding hydrogens is 216 g/mol. The van der Waals surface area contributed by atoms with E-state index in [2.05, 4.69) is 4.57 Å². The molecule has 1 N–H and O–H groups in total. The Kier molecular flexibility index (Phi) is 6.25. The molecule has 4 heteroatoms. The first-order valence-corrected chi connectivity index (χ1v) is 6.03. The van der Waals surface area contributed by atoms with Crippen LogP contribution in [0.15, 0.2) is 30.6 Å². The highest BCUT2D eigenvalue weighted by atomic mass is 16.3. The summed E-state index contributed by atoms with van der Waals surface area (Å²) in [7, 11) is 1.73. The summed E-state index contributed by atoms with van der Waals surface area (Å²) >= 11 is 0. The lowest BCUT2D eigenvalue weighted by Gasteiger charge is -2.14. The number of amides is 1. The van der Waals surface area contributed by atoms with Crippen LogP contribution in [0.3, 0.4) is 0 Å². The molecule has 0 aliphatic carbocycles. The summed E-state index contributed by atoms with van der Waals surface area (Å²) in [6.07, 6.45) is 6.49. The van der Waals surface area contributed by atoms with E-state index < -0.39 is 0 Å². The van der Waals surface area contributed by atoms with E-state index in [0.717, 1.165) is 19.4 Å². The molecule has 1 amide bonds. The summed E-state index contributed by atoms with van der Waals surface area (Å²) in [6, 6.07) is 5.99. The standard InChI is InChI=1S/C13H21N2O2/c1-14(11-12-16)13(17)7-3-6-10-15-8-4-2-5-9-15/h2,4-5,8-9,16H,3,6-7,10-12H2,1H3/q+1. The molecule has 0 unspecified atom stereocenters. The minimum Gasteiger partial charge on any atom is -0.395 e. The molecule has 0 radical (unpaired) electrons. The highest BCUT2D eigenvalue weighted by Gasteiger charge is 2.07. The molecular formula is C13H21N2O2+. The highest BCUT2D eigenvalue weighted by molar-refractivity contribution is 5.75. The van der Waals surface area contributed by atoms with Crippen LogP contribution in [0.2, 0.25) is 0 Å². The van der Waals surface area contributed by atoms with Gasteiger partial charge in [-0.2, -0.15) is 0 Å². The summed E-state index contributed by atoms with van der Waals surface area (Å²) in [5.41, 5.74) is 0. The topological polar surface area (TPSA) is 44.4 Å². The van der Waals surface area contributed by atoms with Crippen molar-refractivity contribution in [3.05, 3.63) is 30.6 Å². The molecule has 17 heavy (non-hydrogen) atoms. The molecule has 0 aromatic carbocycles. The van der Waals surface area contributed by atoms with Gasteiger partial charge in [0.05, 0.1) is 6.61 Å². The zero-order valence-corrected chi connectivity index (χ0v) is 10.4. The molecule has 0 spiro atoms. The summed E-state index contributed by atoms with van der Waals surface area (Å²) < 4.78 is 2.11. The zero-order valence-electron chi connectivity index (χ0n) is 10.4. The van der Waals surface area contributed by atoms with Gasteiger partial charge in [-0.1, -0.05) is 6.07 Å². The quantitative estimate of drug-likeness (QED) is 0.557. The SMILES string of the molecule is CN(CCO)C(=O)CCCC[n+]1ccccc1. The smallest absolute Gasteiger partial charge is 0.222 e. The lowest BCUT2D eigenvalue weighted by Crippen LogP contribution is -2.32. The lowest BCUT2D eigenvalue weighted by atomic mass is 10.2. The summed E-state index contributed by atoms with van der Waals surface area (Å²) in [4.78, 5) is 13.1. The van der Waals surface area contributed by atoms with Gasteiger partial charge in [0.1, 0.15) is 6.54 Å². The van der Waals surface area contributed by atoms with Crippen LogP contribution in [0, 0.1) is 0 Å². The van der Waals surface area contributed by atoms with Crippen molar-refractivity contribution >= 4 is 5.91 Å². The molecule has 0 saturated carbocycles. The number of unbranched alkanes of at least 4 members (excludes halogenated alkanes) is 1. The second-order valence-electron chi connectivity index (χ2n) is 4.11. The normalized spacial score (nSPS) is 10.2. The van der Waals surface area contributed by atoms with E-state index in [1.807, 2.05) is 30.6 Å². The predicted molar refractivity (Wildman–Crippen MR) is 65.2 cm³/mol. The van der Waals surface area contributed by atoms with E-state index in [9.17, 15) is 4.79 Å². The monoisotopic (exact) mass is 237 g/mol. The molecule has 0 fully saturated rings. The fourth-order valence-corrected chi connectivity index (χ4v) is 1.62. The van der Waals surface area contributed by atoms with Crippen molar-refractivity contribution < 1.29 is 14.5 Å². The first-order chi connectivity index (χ1) is 8.24. The second kappa shape index (κ2) is 7.79. The molecule has 0 aliphatic heterocycles. The molecule has 1 rings (SSSR count). The van der Waals surface area contributed by atoms with E-state index >= 15 is 0 Å². The molecule has 1 aromatic rings. The first kappa shape index (κ1) is 13.6. The Labute approximate surface area is 102 Å². The van der Waals surface area contributed by atoms with Crippen molar-refractivity contribution in [2.75, 3.05) is 20.2 Å². The number of rotatable bonds is 7. The third-order valence-electron chi connectivity index (χ3n) is 2.70. The number of carbonyl (C=O) groups is 1. The molecule has 0 aliphatic rings. The van der Waals surface area contributed by atoms with Gasteiger partial charge >= 0.3 is 0 Å². The Balaban J connectivity index is 2.14. The van der Waals surface area contributed by atoms with E-state index in [0.29, 0.717) is 13.0 Å². The van der Waals surface area contributed by atoms with Crippen LogP contribution in [0.25, 0.3) is 0 Å². The number of pyridine rings is 1. The number of aryl methyl sites for hydroxylation is 1. The van der Waals surface area contributed by atoms with Crippen molar-refractivity contribution in [2.45, 2.75) is 25.8 Å². The number of nitrogens with zero attached hydrogens (tertiary/aromatic N) is 2. The minimum atomic E-state index is 0.0299. The number of carbonyl (C=O) groups excluding carboxylic acids is 1. The van der Waals surface area contributed by atoms with E-state index in [4.69, 9.17) is 5.11 Å². The van der Waals surface area contributed by atoms with Gasteiger partial charge in [0.25, 0.3) is 0 Å². The number of aromatic nitrogens is 1. The van der Waals surface area contributed by atoms with Crippen molar-refractivity contribution in [1.29, 1.82) is 0 Å².